The minimum Gasteiger partial charge on any atom is -0.492 e. The fourth-order valence-corrected chi connectivity index (χ4v) is 7.70. The minimum atomic E-state index is -3.42. The molecule has 1 atom stereocenters. The van der Waals surface area contributed by atoms with E-state index in [4.69, 9.17) is 9.47 Å². The quantitative estimate of drug-likeness (QED) is 0.584. The first-order valence-corrected chi connectivity index (χ1v) is 12.6. The zero-order valence-electron chi connectivity index (χ0n) is 15.8. The van der Waals surface area contributed by atoms with E-state index in [1.54, 1.807) is 4.31 Å². The highest BCUT2D eigenvalue weighted by Crippen LogP contribution is 2.40. The van der Waals surface area contributed by atoms with E-state index in [1.807, 2.05) is 54.6 Å². The summed E-state index contributed by atoms with van der Waals surface area (Å²) in [7, 11) is -3.42. The molecule has 0 saturated heterocycles. The summed E-state index contributed by atoms with van der Waals surface area (Å²) in [6.45, 7) is 2.02. The van der Waals surface area contributed by atoms with Crippen molar-refractivity contribution in [1.82, 2.24) is 4.31 Å². The molecule has 0 spiro atoms. The summed E-state index contributed by atoms with van der Waals surface area (Å²) in [6.07, 6.45) is 2.43. The first kappa shape index (κ1) is 20.9. The van der Waals surface area contributed by atoms with Crippen LogP contribution in [0.2, 0.25) is 0 Å². The predicted octanol–water partition coefficient (Wildman–Crippen LogP) is 4.63. The molecule has 0 aromatic heterocycles. The molecular weight excluding hydrogens is 474 g/mol. The summed E-state index contributed by atoms with van der Waals surface area (Å²) >= 11 is 4.74. The van der Waals surface area contributed by atoms with Gasteiger partial charge < -0.3 is 9.47 Å². The van der Waals surface area contributed by atoms with Crippen molar-refractivity contribution in [2.24, 2.45) is 0 Å². The number of ether oxygens (including phenoxy) is 2. The normalized spacial score (nSPS) is 19.9. The Morgan fingerprint density at radius 3 is 2.69 bits per heavy atom. The molecule has 29 heavy (non-hydrogen) atoms. The molecule has 1 unspecified atom stereocenters. The van der Waals surface area contributed by atoms with Gasteiger partial charge in [-0.1, -0.05) is 54.2 Å². The van der Waals surface area contributed by atoms with Crippen molar-refractivity contribution in [2.75, 3.05) is 13.2 Å². The number of allylic oxidation sites excluding steroid dienone is 1. The smallest absolute Gasteiger partial charge is 0.227 e. The van der Waals surface area contributed by atoms with Gasteiger partial charge in [-0.15, -0.1) is 0 Å². The molecule has 0 fully saturated rings. The van der Waals surface area contributed by atoms with Crippen LogP contribution in [0.25, 0.3) is 0 Å². The molecule has 0 saturated carbocycles. The SMILES string of the molecule is O=S(=O)(C1CC=C(Br)S1)N1CCOc2ccc(COCc3ccccc3)cc2C1. The summed E-state index contributed by atoms with van der Waals surface area (Å²) in [5.41, 5.74) is 3.00. The Morgan fingerprint density at radius 2 is 1.93 bits per heavy atom. The van der Waals surface area contributed by atoms with E-state index in [9.17, 15) is 8.42 Å². The molecule has 0 amide bonds. The average molecular weight is 496 g/mol. The molecule has 0 bridgehead atoms. The summed E-state index contributed by atoms with van der Waals surface area (Å²) in [4.78, 5) is 0. The number of hydrogen-bond acceptors (Lipinski definition) is 5. The predicted molar refractivity (Wildman–Crippen MR) is 119 cm³/mol. The monoisotopic (exact) mass is 495 g/mol. The van der Waals surface area contributed by atoms with Crippen molar-refractivity contribution in [3.63, 3.8) is 0 Å². The molecule has 2 aliphatic heterocycles. The molecule has 0 radical (unpaired) electrons. The summed E-state index contributed by atoms with van der Waals surface area (Å²) in [5, 5.41) is 0. The van der Waals surface area contributed by atoms with Crippen LogP contribution in [0.15, 0.2) is 58.4 Å². The van der Waals surface area contributed by atoms with E-state index in [1.165, 1.54) is 11.8 Å². The Hall–Kier alpha value is -1.32. The third-order valence-electron chi connectivity index (χ3n) is 4.86. The molecule has 0 aliphatic carbocycles. The molecule has 0 N–H and O–H groups in total. The highest BCUT2D eigenvalue weighted by Gasteiger charge is 2.36. The zero-order valence-corrected chi connectivity index (χ0v) is 19.0. The van der Waals surface area contributed by atoms with Crippen molar-refractivity contribution in [3.05, 3.63) is 75.1 Å². The van der Waals surface area contributed by atoms with Crippen LogP contribution in [0.5, 0.6) is 5.75 Å². The second kappa shape index (κ2) is 9.22. The second-order valence-corrected chi connectivity index (χ2v) is 12.0. The van der Waals surface area contributed by atoms with Gasteiger partial charge in [0.2, 0.25) is 10.0 Å². The molecule has 2 aromatic carbocycles. The van der Waals surface area contributed by atoms with E-state index >= 15 is 0 Å². The van der Waals surface area contributed by atoms with Gasteiger partial charge >= 0.3 is 0 Å². The van der Waals surface area contributed by atoms with Gasteiger partial charge in [-0.05, 0) is 45.6 Å². The van der Waals surface area contributed by atoms with Gasteiger partial charge in [-0.25, -0.2) is 8.42 Å². The average Bonchev–Trinajstić information content (AvgIpc) is 3.05. The number of thioether (sulfide) groups is 1. The number of nitrogens with zero attached hydrogens (tertiary/aromatic N) is 1. The number of fused-ring (bicyclic) bond motifs is 1. The highest BCUT2D eigenvalue weighted by atomic mass is 79.9. The maximum absolute atomic E-state index is 13.1. The van der Waals surface area contributed by atoms with Crippen molar-refractivity contribution in [1.29, 1.82) is 0 Å². The Morgan fingerprint density at radius 1 is 1.14 bits per heavy atom. The zero-order chi connectivity index (χ0) is 20.3. The number of sulfonamides is 1. The fraction of sp³-hybridized carbons (Fsp3) is 0.333. The van der Waals surface area contributed by atoms with Crippen LogP contribution in [-0.2, 0) is 34.5 Å². The Balaban J connectivity index is 1.44. The van der Waals surface area contributed by atoms with Gasteiger partial charge in [0.05, 0.1) is 13.2 Å². The van der Waals surface area contributed by atoms with Gasteiger partial charge in [0, 0.05) is 22.5 Å². The molecule has 8 heteroatoms. The van der Waals surface area contributed by atoms with Gasteiger partial charge in [0.1, 0.15) is 16.9 Å². The lowest BCUT2D eigenvalue weighted by Gasteiger charge is -2.23. The van der Waals surface area contributed by atoms with Crippen LogP contribution >= 0.6 is 27.7 Å². The molecule has 2 aliphatic rings. The third kappa shape index (κ3) is 5.06. The number of hydrogen-bond donors (Lipinski definition) is 0. The maximum Gasteiger partial charge on any atom is 0.227 e. The summed E-state index contributed by atoms with van der Waals surface area (Å²) < 4.78 is 39.8. The fourth-order valence-electron chi connectivity index (χ4n) is 3.35. The van der Waals surface area contributed by atoms with E-state index in [0.29, 0.717) is 39.3 Å². The first-order chi connectivity index (χ1) is 14.0. The van der Waals surface area contributed by atoms with Gasteiger partial charge in [-0.3, -0.25) is 0 Å². The van der Waals surface area contributed by atoms with Crippen LogP contribution in [0.4, 0.5) is 0 Å². The van der Waals surface area contributed by atoms with E-state index < -0.39 is 14.6 Å². The third-order valence-corrected chi connectivity index (χ3v) is 9.50. The van der Waals surface area contributed by atoms with Crippen LogP contribution < -0.4 is 4.74 Å². The highest BCUT2D eigenvalue weighted by molar-refractivity contribution is 9.14. The topological polar surface area (TPSA) is 55.8 Å². The van der Waals surface area contributed by atoms with E-state index in [-0.39, 0.29) is 0 Å². The van der Waals surface area contributed by atoms with Gasteiger partial charge in [0.25, 0.3) is 0 Å². The number of benzene rings is 2. The van der Waals surface area contributed by atoms with Gasteiger partial charge in [0.15, 0.2) is 0 Å². The number of rotatable bonds is 6. The van der Waals surface area contributed by atoms with Crippen LogP contribution in [0, 0.1) is 0 Å². The standard InChI is InChI=1S/C21H22BrNO4S2/c22-20-8-9-21(28-20)29(24,25)23-10-11-27-19-7-6-17(12-18(19)13-23)15-26-14-16-4-2-1-3-5-16/h1-8,12,21H,9-11,13-15H2. The molecule has 2 aromatic rings. The Kier molecular flexibility index (Phi) is 6.66. The lowest BCUT2D eigenvalue weighted by atomic mass is 10.1. The van der Waals surface area contributed by atoms with Crippen molar-refractivity contribution in [3.8, 4) is 5.75 Å². The minimum absolute atomic E-state index is 0.318. The molecule has 4 rings (SSSR count). The lowest BCUT2D eigenvalue weighted by Crippen LogP contribution is -2.37. The largest absolute Gasteiger partial charge is 0.492 e. The second-order valence-electron chi connectivity index (χ2n) is 6.94. The molecule has 2 heterocycles. The van der Waals surface area contributed by atoms with Crippen LogP contribution in [-0.4, -0.2) is 30.5 Å². The van der Waals surface area contributed by atoms with Crippen LogP contribution in [0.1, 0.15) is 23.1 Å². The molecule has 154 valence electrons. The Bertz CT molecular complexity index is 995. The Labute approximate surface area is 184 Å². The lowest BCUT2D eigenvalue weighted by molar-refractivity contribution is 0.107. The first-order valence-electron chi connectivity index (χ1n) is 9.40. The van der Waals surface area contributed by atoms with Crippen molar-refractivity contribution >= 4 is 37.7 Å². The number of halogens is 1. The van der Waals surface area contributed by atoms with E-state index in [0.717, 1.165) is 26.3 Å². The maximum atomic E-state index is 13.1. The van der Waals surface area contributed by atoms with Crippen molar-refractivity contribution in [2.45, 2.75) is 30.8 Å². The van der Waals surface area contributed by atoms with E-state index in [2.05, 4.69) is 15.9 Å². The molecule has 5 nitrogen and oxygen atoms in total. The summed E-state index contributed by atoms with van der Waals surface area (Å²) in [6, 6.07) is 15.9. The van der Waals surface area contributed by atoms with Gasteiger partial charge in [-0.2, -0.15) is 4.31 Å². The molecular formula is C21H22BrNO4S2. The summed E-state index contributed by atoms with van der Waals surface area (Å²) in [5.74, 6) is 0.743. The van der Waals surface area contributed by atoms with Crippen LogP contribution in [0.3, 0.4) is 0 Å². The van der Waals surface area contributed by atoms with Crippen molar-refractivity contribution < 1.29 is 17.9 Å².